The number of hydrogen-bond donors (Lipinski definition) is 2. The predicted octanol–water partition coefficient (Wildman–Crippen LogP) is 3.43. The Morgan fingerprint density at radius 3 is 2.44 bits per heavy atom. The monoisotopic (exact) mass is 558 g/mol. The molecule has 0 aliphatic heterocycles. The minimum Gasteiger partial charge on any atom is -0.492 e. The Morgan fingerprint density at radius 1 is 1.03 bits per heavy atom. The highest BCUT2D eigenvalue weighted by molar-refractivity contribution is 14.0. The van der Waals surface area contributed by atoms with E-state index in [1.165, 1.54) is 12.1 Å². The molecule has 9 heteroatoms. The van der Waals surface area contributed by atoms with Crippen LogP contribution in [0.4, 0.5) is 4.39 Å². The first-order chi connectivity index (χ1) is 15.0. The van der Waals surface area contributed by atoms with Gasteiger partial charge in [0.05, 0.1) is 13.1 Å². The molecule has 0 aliphatic rings. The molecule has 0 bridgehead atoms. The zero-order valence-corrected chi connectivity index (χ0v) is 21.1. The third kappa shape index (κ3) is 10.2. The normalized spacial score (nSPS) is 10.7. The molecule has 32 heavy (non-hydrogen) atoms. The van der Waals surface area contributed by atoms with Gasteiger partial charge in [0.1, 0.15) is 23.9 Å². The Bertz CT molecular complexity index is 849. The van der Waals surface area contributed by atoms with Gasteiger partial charge in [0, 0.05) is 20.1 Å². The number of carbonyl (C=O) groups excluding carboxylic acids is 1. The SMILES string of the molecule is CCNC(=O)COc1cccc(CN=C(NCC)N(C)CCOc2ccc(F)cc2)c1.I. The molecular formula is C23H32FIN4O3. The van der Waals surface area contributed by atoms with Crippen molar-refractivity contribution < 1.29 is 18.7 Å². The van der Waals surface area contributed by atoms with E-state index in [1.54, 1.807) is 12.1 Å². The lowest BCUT2D eigenvalue weighted by Gasteiger charge is -2.22. The first kappa shape index (κ1) is 27.5. The minimum atomic E-state index is -0.287. The number of hydrogen-bond acceptors (Lipinski definition) is 4. The Kier molecular flexibility index (Phi) is 13.1. The fourth-order valence-electron chi connectivity index (χ4n) is 2.70. The van der Waals surface area contributed by atoms with Crippen LogP contribution in [0.1, 0.15) is 19.4 Å². The van der Waals surface area contributed by atoms with Crippen LogP contribution in [0.3, 0.4) is 0 Å². The van der Waals surface area contributed by atoms with Crippen LogP contribution in [0.25, 0.3) is 0 Å². The number of amides is 1. The highest BCUT2D eigenvalue weighted by Gasteiger charge is 2.07. The van der Waals surface area contributed by atoms with Gasteiger partial charge in [-0.05, 0) is 55.8 Å². The van der Waals surface area contributed by atoms with E-state index in [0.717, 1.165) is 18.1 Å². The number of carbonyl (C=O) groups is 1. The topological polar surface area (TPSA) is 75.2 Å². The predicted molar refractivity (Wildman–Crippen MR) is 135 cm³/mol. The molecule has 2 aromatic rings. The Morgan fingerprint density at radius 2 is 1.75 bits per heavy atom. The maximum atomic E-state index is 13.0. The van der Waals surface area contributed by atoms with Gasteiger partial charge < -0.3 is 25.0 Å². The van der Waals surface area contributed by atoms with Crippen LogP contribution in [-0.2, 0) is 11.3 Å². The van der Waals surface area contributed by atoms with Crippen LogP contribution in [0.2, 0.25) is 0 Å². The summed E-state index contributed by atoms with van der Waals surface area (Å²) in [4.78, 5) is 18.2. The van der Waals surface area contributed by atoms with Crippen molar-refractivity contribution in [2.45, 2.75) is 20.4 Å². The maximum Gasteiger partial charge on any atom is 0.257 e. The number of halogens is 2. The van der Waals surface area contributed by atoms with Gasteiger partial charge in [0.15, 0.2) is 12.6 Å². The number of guanidine groups is 1. The van der Waals surface area contributed by atoms with Gasteiger partial charge in [-0.15, -0.1) is 24.0 Å². The van der Waals surface area contributed by atoms with E-state index < -0.39 is 0 Å². The van der Waals surface area contributed by atoms with E-state index in [-0.39, 0.29) is 42.3 Å². The summed E-state index contributed by atoms with van der Waals surface area (Å²) < 4.78 is 24.2. The van der Waals surface area contributed by atoms with Gasteiger partial charge in [-0.3, -0.25) is 4.79 Å². The Balaban J connectivity index is 0.00000512. The number of nitrogens with one attached hydrogen (secondary N) is 2. The molecule has 0 spiro atoms. The molecule has 0 radical (unpaired) electrons. The molecule has 7 nitrogen and oxygen atoms in total. The number of nitrogens with zero attached hydrogens (tertiary/aromatic N) is 2. The molecule has 1 amide bonds. The van der Waals surface area contributed by atoms with Crippen LogP contribution in [0.5, 0.6) is 11.5 Å². The fraction of sp³-hybridized carbons (Fsp3) is 0.391. The lowest BCUT2D eigenvalue weighted by molar-refractivity contribution is -0.122. The summed E-state index contributed by atoms with van der Waals surface area (Å²) in [5, 5.41) is 5.96. The molecule has 2 aromatic carbocycles. The molecule has 0 aliphatic carbocycles. The van der Waals surface area contributed by atoms with E-state index >= 15 is 0 Å². The quantitative estimate of drug-likeness (QED) is 0.251. The molecule has 0 aromatic heterocycles. The van der Waals surface area contributed by atoms with Crippen molar-refractivity contribution in [2.24, 2.45) is 4.99 Å². The van der Waals surface area contributed by atoms with Gasteiger partial charge in [-0.1, -0.05) is 12.1 Å². The standard InChI is InChI=1S/C23H31FN4O3.HI/c1-4-25-22(29)17-31-21-8-6-7-18(15-21)16-27-23(26-5-2)28(3)13-14-30-20-11-9-19(24)10-12-20;/h6-12,15H,4-5,13-14,16-17H2,1-3H3,(H,25,29)(H,26,27);1H. The molecule has 0 saturated carbocycles. The van der Waals surface area contributed by atoms with E-state index in [2.05, 4.69) is 15.6 Å². The van der Waals surface area contributed by atoms with Crippen molar-refractivity contribution in [2.75, 3.05) is 39.9 Å². The zero-order chi connectivity index (χ0) is 22.5. The summed E-state index contributed by atoms with van der Waals surface area (Å²) in [6.07, 6.45) is 0. The molecule has 2 N–H and O–H groups in total. The molecule has 0 atom stereocenters. The van der Waals surface area contributed by atoms with E-state index in [1.807, 2.05) is 50.1 Å². The van der Waals surface area contributed by atoms with Crippen LogP contribution in [0, 0.1) is 5.82 Å². The summed E-state index contributed by atoms with van der Waals surface area (Å²) in [7, 11) is 1.93. The zero-order valence-electron chi connectivity index (χ0n) is 18.8. The second-order valence-electron chi connectivity index (χ2n) is 6.78. The summed E-state index contributed by atoms with van der Waals surface area (Å²) in [5.41, 5.74) is 0.972. The van der Waals surface area contributed by atoms with E-state index in [0.29, 0.717) is 37.7 Å². The Labute approximate surface area is 206 Å². The largest absolute Gasteiger partial charge is 0.492 e. The lowest BCUT2D eigenvalue weighted by Crippen LogP contribution is -2.40. The Hall–Kier alpha value is -2.56. The highest BCUT2D eigenvalue weighted by atomic mass is 127. The third-order valence-electron chi connectivity index (χ3n) is 4.26. The number of aliphatic imine (C=N–C) groups is 1. The first-order valence-electron chi connectivity index (χ1n) is 10.4. The first-order valence-corrected chi connectivity index (χ1v) is 10.4. The van der Waals surface area contributed by atoms with Gasteiger partial charge in [0.25, 0.3) is 5.91 Å². The average molecular weight is 558 g/mol. The van der Waals surface area contributed by atoms with Crippen LogP contribution >= 0.6 is 24.0 Å². The van der Waals surface area contributed by atoms with Crippen molar-refractivity contribution in [1.82, 2.24) is 15.5 Å². The van der Waals surface area contributed by atoms with Crippen LogP contribution in [-0.4, -0.2) is 56.7 Å². The summed E-state index contributed by atoms with van der Waals surface area (Å²) in [6.45, 7) is 6.68. The number of rotatable bonds is 11. The summed E-state index contributed by atoms with van der Waals surface area (Å²) >= 11 is 0. The third-order valence-corrected chi connectivity index (χ3v) is 4.26. The molecule has 0 heterocycles. The molecule has 0 unspecified atom stereocenters. The summed E-state index contributed by atoms with van der Waals surface area (Å²) in [6, 6.07) is 13.5. The van der Waals surface area contributed by atoms with E-state index in [4.69, 9.17) is 9.47 Å². The van der Waals surface area contributed by atoms with Crippen molar-refractivity contribution >= 4 is 35.8 Å². The van der Waals surface area contributed by atoms with E-state index in [9.17, 15) is 9.18 Å². The smallest absolute Gasteiger partial charge is 0.257 e. The van der Waals surface area contributed by atoms with Gasteiger partial charge in [0.2, 0.25) is 0 Å². The van der Waals surface area contributed by atoms with Crippen LogP contribution in [0.15, 0.2) is 53.5 Å². The maximum absolute atomic E-state index is 13.0. The second-order valence-corrected chi connectivity index (χ2v) is 6.78. The van der Waals surface area contributed by atoms with Gasteiger partial charge in [-0.25, -0.2) is 9.38 Å². The van der Waals surface area contributed by atoms with Crippen molar-refractivity contribution in [1.29, 1.82) is 0 Å². The molecule has 2 rings (SSSR count). The second kappa shape index (κ2) is 15.3. The lowest BCUT2D eigenvalue weighted by atomic mass is 10.2. The number of ether oxygens (including phenoxy) is 2. The minimum absolute atomic E-state index is 0. The molecule has 0 fully saturated rings. The van der Waals surface area contributed by atoms with Crippen molar-refractivity contribution in [3.63, 3.8) is 0 Å². The van der Waals surface area contributed by atoms with Crippen molar-refractivity contribution in [3.05, 3.63) is 59.9 Å². The van der Waals surface area contributed by atoms with Gasteiger partial charge in [-0.2, -0.15) is 0 Å². The number of likely N-dealkylation sites (N-methyl/N-ethyl adjacent to an activating group) is 2. The van der Waals surface area contributed by atoms with Crippen molar-refractivity contribution in [3.8, 4) is 11.5 Å². The van der Waals surface area contributed by atoms with Crippen LogP contribution < -0.4 is 20.1 Å². The molecule has 176 valence electrons. The average Bonchev–Trinajstić information content (AvgIpc) is 2.77. The van der Waals surface area contributed by atoms with Gasteiger partial charge >= 0.3 is 0 Å². The fourth-order valence-corrected chi connectivity index (χ4v) is 2.70. The summed E-state index contributed by atoms with van der Waals surface area (Å²) in [5.74, 6) is 1.57. The highest BCUT2D eigenvalue weighted by Crippen LogP contribution is 2.14. The molecular weight excluding hydrogens is 526 g/mol. The molecule has 0 saturated heterocycles. The number of benzene rings is 2.